The lowest BCUT2D eigenvalue weighted by molar-refractivity contribution is -0.118. The molecule has 5 rings (SSSR count). The first-order valence-corrected chi connectivity index (χ1v) is 14.5. The average molecular weight is 603 g/mol. The summed E-state index contributed by atoms with van der Waals surface area (Å²) >= 11 is 12.6. The number of benzene rings is 3. The molecule has 0 radical (unpaired) electrons. The third-order valence-electron chi connectivity index (χ3n) is 8.03. The Morgan fingerprint density at radius 2 is 1.69 bits per heavy atom. The first-order chi connectivity index (χ1) is 19.9. The van der Waals surface area contributed by atoms with Gasteiger partial charge in [0, 0.05) is 23.4 Å². The lowest BCUT2D eigenvalue weighted by atomic mass is 9.68. The Kier molecular flexibility index (Phi) is 8.02. The molecule has 1 aliphatic heterocycles. The highest BCUT2D eigenvalue weighted by Crippen LogP contribution is 2.51. The molecule has 0 fully saturated rings. The van der Waals surface area contributed by atoms with E-state index in [1.165, 1.54) is 0 Å². The second kappa shape index (κ2) is 11.4. The highest BCUT2D eigenvalue weighted by atomic mass is 35.5. The Labute approximate surface area is 256 Å². The maximum Gasteiger partial charge on any atom is 0.162 e. The normalized spacial score (nSPS) is 18.1. The average Bonchev–Trinajstić information content (AvgIpc) is 2.93. The van der Waals surface area contributed by atoms with Crippen LogP contribution in [0.5, 0.6) is 11.5 Å². The zero-order valence-electron chi connectivity index (χ0n) is 24.3. The molecule has 0 spiro atoms. The van der Waals surface area contributed by atoms with Gasteiger partial charge in [-0.1, -0.05) is 49.2 Å². The van der Waals surface area contributed by atoms with Crippen molar-refractivity contribution in [3.63, 3.8) is 0 Å². The van der Waals surface area contributed by atoms with Gasteiger partial charge in [0.25, 0.3) is 0 Å². The van der Waals surface area contributed by atoms with Gasteiger partial charge in [-0.25, -0.2) is 0 Å². The van der Waals surface area contributed by atoms with Crippen molar-refractivity contribution >= 4 is 34.7 Å². The minimum absolute atomic E-state index is 0.00701. The molecule has 1 atom stereocenters. The number of methoxy groups -OCH3 is 1. The molecule has 3 aromatic rings. The number of nitriles is 1. The number of nitrogens with zero attached hydrogens (tertiary/aromatic N) is 2. The minimum Gasteiger partial charge on any atom is -0.497 e. The number of aryl methyl sites for hydroxylation is 2. The smallest absolute Gasteiger partial charge is 0.162 e. The number of hydrogen-bond acceptors (Lipinski definition) is 6. The van der Waals surface area contributed by atoms with Crippen LogP contribution in [0.15, 0.2) is 77.3 Å². The molecule has 42 heavy (non-hydrogen) atoms. The van der Waals surface area contributed by atoms with Gasteiger partial charge in [0.1, 0.15) is 23.9 Å². The van der Waals surface area contributed by atoms with E-state index in [0.717, 1.165) is 33.7 Å². The molecule has 2 aliphatic rings. The van der Waals surface area contributed by atoms with Gasteiger partial charge in [-0.2, -0.15) is 5.26 Å². The number of carbonyl (C=O) groups excluding carboxylic acids is 1. The van der Waals surface area contributed by atoms with Crippen molar-refractivity contribution in [1.82, 2.24) is 0 Å². The highest BCUT2D eigenvalue weighted by molar-refractivity contribution is 6.42. The molecule has 0 amide bonds. The van der Waals surface area contributed by atoms with Gasteiger partial charge in [0.05, 0.1) is 34.7 Å². The molecule has 0 bridgehead atoms. The number of ketones is 1. The summed E-state index contributed by atoms with van der Waals surface area (Å²) in [7, 11) is 1.62. The summed E-state index contributed by atoms with van der Waals surface area (Å²) < 4.78 is 11.4. The van der Waals surface area contributed by atoms with Crippen LogP contribution in [-0.2, 0) is 11.4 Å². The van der Waals surface area contributed by atoms with Crippen molar-refractivity contribution in [2.45, 2.75) is 53.1 Å². The van der Waals surface area contributed by atoms with Crippen LogP contribution in [0.25, 0.3) is 0 Å². The molecule has 6 nitrogen and oxygen atoms in total. The van der Waals surface area contributed by atoms with Crippen LogP contribution in [-0.4, -0.2) is 12.9 Å². The van der Waals surface area contributed by atoms with Gasteiger partial charge in [0.15, 0.2) is 5.78 Å². The van der Waals surface area contributed by atoms with E-state index in [9.17, 15) is 10.1 Å². The Bertz CT molecular complexity index is 1680. The van der Waals surface area contributed by atoms with E-state index < -0.39 is 5.92 Å². The molecule has 1 aliphatic carbocycles. The van der Waals surface area contributed by atoms with Crippen molar-refractivity contribution in [2.75, 3.05) is 12.0 Å². The van der Waals surface area contributed by atoms with Crippen LogP contribution in [0.4, 0.5) is 5.69 Å². The number of carbonyl (C=O) groups is 1. The topological polar surface area (TPSA) is 88.6 Å². The molecule has 0 saturated carbocycles. The summed E-state index contributed by atoms with van der Waals surface area (Å²) in [4.78, 5) is 15.8. The van der Waals surface area contributed by atoms with Crippen LogP contribution >= 0.6 is 23.2 Å². The Hall–Kier alpha value is -3.92. The van der Waals surface area contributed by atoms with Gasteiger partial charge in [-0.05, 0) is 90.4 Å². The molecule has 0 saturated heterocycles. The van der Waals surface area contributed by atoms with Crippen LogP contribution < -0.4 is 20.1 Å². The predicted octanol–water partition coefficient (Wildman–Crippen LogP) is 8.14. The van der Waals surface area contributed by atoms with E-state index in [4.69, 9.17) is 38.4 Å². The third kappa shape index (κ3) is 5.47. The van der Waals surface area contributed by atoms with Gasteiger partial charge in [-0.3, -0.25) is 9.69 Å². The first kappa shape index (κ1) is 29.6. The predicted molar refractivity (Wildman–Crippen MR) is 167 cm³/mol. The number of halogens is 2. The highest BCUT2D eigenvalue weighted by Gasteiger charge is 2.45. The number of allylic oxidation sites excluding steroid dienone is 3. The maximum atomic E-state index is 14.0. The maximum absolute atomic E-state index is 14.0. The second-order valence-electron chi connectivity index (χ2n) is 11.7. The van der Waals surface area contributed by atoms with E-state index in [-0.39, 0.29) is 17.0 Å². The van der Waals surface area contributed by atoms with Gasteiger partial charge >= 0.3 is 0 Å². The quantitative estimate of drug-likeness (QED) is 0.307. The SMILES string of the molecule is COc1ccc(OCc2cc(C3C(C#N)=C(N)N(c4ccc(Cl)c(Cl)c4)C4=C3C(=O)CC(C)(C)C4)c(C)cc2C)cc1. The van der Waals surface area contributed by atoms with Crippen LogP contribution in [0.2, 0.25) is 10.0 Å². The fraction of sp³-hybridized carbons (Fsp3) is 0.294. The number of anilines is 1. The van der Waals surface area contributed by atoms with E-state index in [1.54, 1.807) is 25.3 Å². The van der Waals surface area contributed by atoms with E-state index in [2.05, 4.69) is 32.0 Å². The van der Waals surface area contributed by atoms with E-state index in [0.29, 0.717) is 52.1 Å². The van der Waals surface area contributed by atoms with Crippen LogP contribution in [0.1, 0.15) is 54.9 Å². The molecule has 216 valence electrons. The lowest BCUT2D eigenvalue weighted by Crippen LogP contribution is -2.42. The fourth-order valence-electron chi connectivity index (χ4n) is 5.95. The summed E-state index contributed by atoms with van der Waals surface area (Å²) in [6, 6.07) is 19.1. The summed E-state index contributed by atoms with van der Waals surface area (Å²) in [5.41, 5.74) is 12.7. The molecule has 1 heterocycles. The number of nitrogens with two attached hydrogens (primary N) is 1. The number of rotatable bonds is 6. The van der Waals surface area contributed by atoms with Crippen molar-refractivity contribution < 1.29 is 14.3 Å². The molecule has 0 aromatic heterocycles. The van der Waals surface area contributed by atoms with Crippen molar-refractivity contribution in [2.24, 2.45) is 11.1 Å². The minimum atomic E-state index is -0.604. The lowest BCUT2D eigenvalue weighted by Gasteiger charge is -2.44. The Morgan fingerprint density at radius 1 is 1.00 bits per heavy atom. The molecule has 3 aromatic carbocycles. The standard InChI is InChI=1S/C34H33Cl2N3O3/c1-19-12-20(2)25(13-21(19)18-42-24-9-7-23(41-5)8-10-24)31-26(17-37)33(38)39(22-6-11-27(35)28(36)14-22)29-15-34(3,4)16-30(40)32(29)31/h6-14,31H,15-16,18,38H2,1-5H3. The zero-order chi connectivity index (χ0) is 30.3. The second-order valence-corrected chi connectivity index (χ2v) is 12.5. The van der Waals surface area contributed by atoms with Gasteiger partial charge in [0.2, 0.25) is 0 Å². The molecule has 8 heteroatoms. The Morgan fingerprint density at radius 3 is 2.33 bits per heavy atom. The van der Waals surface area contributed by atoms with Gasteiger partial charge in [-0.15, -0.1) is 0 Å². The van der Waals surface area contributed by atoms with Gasteiger partial charge < -0.3 is 15.2 Å². The molecule has 2 N–H and O–H groups in total. The van der Waals surface area contributed by atoms with Crippen molar-refractivity contribution in [3.05, 3.63) is 110 Å². The van der Waals surface area contributed by atoms with Crippen molar-refractivity contribution in [1.29, 1.82) is 5.26 Å². The summed E-state index contributed by atoms with van der Waals surface area (Å²) in [5, 5.41) is 11.3. The summed E-state index contributed by atoms with van der Waals surface area (Å²) in [6.45, 7) is 8.50. The van der Waals surface area contributed by atoms with Crippen molar-refractivity contribution in [3.8, 4) is 17.6 Å². The fourth-order valence-corrected chi connectivity index (χ4v) is 6.25. The van der Waals surface area contributed by atoms with Crippen LogP contribution in [0, 0.1) is 30.6 Å². The number of Topliss-reactive ketones (excluding diaryl/α,β-unsaturated/α-hetero) is 1. The zero-order valence-corrected chi connectivity index (χ0v) is 25.9. The van der Waals surface area contributed by atoms with Crippen LogP contribution in [0.3, 0.4) is 0 Å². The number of hydrogen-bond donors (Lipinski definition) is 1. The molecular weight excluding hydrogens is 569 g/mol. The monoisotopic (exact) mass is 601 g/mol. The summed E-state index contributed by atoms with van der Waals surface area (Å²) in [5.74, 6) is 1.15. The molecular formula is C34H33Cl2N3O3. The summed E-state index contributed by atoms with van der Waals surface area (Å²) in [6.07, 6.45) is 0.969. The van der Waals surface area contributed by atoms with E-state index in [1.807, 2.05) is 43.0 Å². The largest absolute Gasteiger partial charge is 0.497 e. The van der Waals surface area contributed by atoms with E-state index >= 15 is 0 Å². The number of ether oxygens (including phenoxy) is 2. The molecule has 1 unspecified atom stereocenters. The third-order valence-corrected chi connectivity index (χ3v) is 8.77. The first-order valence-electron chi connectivity index (χ1n) is 13.7. The Balaban J connectivity index is 1.64.